The molecule has 0 aliphatic heterocycles. The summed E-state index contributed by atoms with van der Waals surface area (Å²) < 4.78 is 11.3. The van der Waals surface area contributed by atoms with E-state index < -0.39 is 6.16 Å². The van der Waals surface area contributed by atoms with Crippen molar-refractivity contribution in [1.82, 2.24) is 9.80 Å². The zero-order valence-corrected chi connectivity index (χ0v) is 23.2. The van der Waals surface area contributed by atoms with Crippen molar-refractivity contribution in [1.29, 1.82) is 0 Å². The van der Waals surface area contributed by atoms with Crippen molar-refractivity contribution < 1.29 is 14.3 Å². The molecular formula is C28H58N2O3. The SMILES string of the molecule is CCCCCCCCCC(CCCCCC)OC(=O)OCCN(CCN(CC)CC)C(C)C. The normalized spacial score (nSPS) is 12.6. The van der Waals surface area contributed by atoms with Gasteiger partial charge in [0.2, 0.25) is 0 Å². The number of carbonyl (C=O) groups excluding carboxylic acids is 1. The molecule has 5 nitrogen and oxygen atoms in total. The van der Waals surface area contributed by atoms with E-state index in [0.29, 0.717) is 12.6 Å². The lowest BCUT2D eigenvalue weighted by Gasteiger charge is -2.29. The first-order valence-electron chi connectivity index (χ1n) is 14.3. The highest BCUT2D eigenvalue weighted by atomic mass is 16.7. The molecule has 5 heteroatoms. The molecule has 0 amide bonds. The monoisotopic (exact) mass is 470 g/mol. The van der Waals surface area contributed by atoms with Crippen LogP contribution in [0.4, 0.5) is 4.79 Å². The summed E-state index contributed by atoms with van der Waals surface area (Å²) in [6.45, 7) is 18.6. The van der Waals surface area contributed by atoms with Crippen molar-refractivity contribution in [3.8, 4) is 0 Å². The summed E-state index contributed by atoms with van der Waals surface area (Å²) >= 11 is 0. The van der Waals surface area contributed by atoms with Gasteiger partial charge in [0.15, 0.2) is 0 Å². The minimum atomic E-state index is -0.481. The van der Waals surface area contributed by atoms with Gasteiger partial charge in [-0.25, -0.2) is 4.79 Å². The molecule has 0 radical (unpaired) electrons. The first-order chi connectivity index (χ1) is 16.0. The maximum absolute atomic E-state index is 12.4. The maximum atomic E-state index is 12.4. The first kappa shape index (κ1) is 32.2. The van der Waals surface area contributed by atoms with Gasteiger partial charge in [-0.15, -0.1) is 0 Å². The van der Waals surface area contributed by atoms with Gasteiger partial charge in [0.25, 0.3) is 0 Å². The summed E-state index contributed by atoms with van der Waals surface area (Å²) in [5, 5.41) is 0. The van der Waals surface area contributed by atoms with E-state index in [1.165, 1.54) is 57.8 Å². The molecular weight excluding hydrogens is 412 g/mol. The lowest BCUT2D eigenvalue weighted by molar-refractivity contribution is 0.00999. The highest BCUT2D eigenvalue weighted by Crippen LogP contribution is 2.17. The van der Waals surface area contributed by atoms with Gasteiger partial charge in [-0.05, 0) is 52.6 Å². The van der Waals surface area contributed by atoms with Gasteiger partial charge in [-0.1, -0.05) is 85.5 Å². The van der Waals surface area contributed by atoms with Crippen LogP contribution >= 0.6 is 0 Å². The molecule has 198 valence electrons. The summed E-state index contributed by atoms with van der Waals surface area (Å²) in [6, 6.07) is 0.434. The van der Waals surface area contributed by atoms with E-state index in [0.717, 1.165) is 58.4 Å². The van der Waals surface area contributed by atoms with E-state index in [-0.39, 0.29) is 6.10 Å². The Bertz CT molecular complexity index is 427. The van der Waals surface area contributed by atoms with Crippen LogP contribution in [-0.2, 0) is 9.47 Å². The Kier molecular flexibility index (Phi) is 22.4. The molecule has 0 fully saturated rings. The second kappa shape index (κ2) is 23.0. The zero-order chi connectivity index (χ0) is 24.7. The average molecular weight is 471 g/mol. The number of likely N-dealkylation sites (N-methyl/N-ethyl adjacent to an activating group) is 1. The molecule has 0 aliphatic carbocycles. The minimum Gasteiger partial charge on any atom is -0.433 e. The number of rotatable bonds is 23. The molecule has 0 saturated carbocycles. The fourth-order valence-electron chi connectivity index (χ4n) is 4.24. The van der Waals surface area contributed by atoms with Crippen LogP contribution in [0, 0.1) is 0 Å². The predicted octanol–water partition coefficient (Wildman–Crippen LogP) is 7.67. The zero-order valence-electron chi connectivity index (χ0n) is 23.2. The highest BCUT2D eigenvalue weighted by Gasteiger charge is 2.17. The maximum Gasteiger partial charge on any atom is 0.508 e. The topological polar surface area (TPSA) is 42.0 Å². The molecule has 0 N–H and O–H groups in total. The Labute approximate surface area is 207 Å². The van der Waals surface area contributed by atoms with Crippen molar-refractivity contribution in [2.45, 2.75) is 137 Å². The molecule has 0 aliphatic rings. The number of hydrogen-bond donors (Lipinski definition) is 0. The van der Waals surface area contributed by atoms with Gasteiger partial charge in [-0.3, -0.25) is 4.90 Å². The highest BCUT2D eigenvalue weighted by molar-refractivity contribution is 5.60. The molecule has 0 aromatic heterocycles. The molecule has 1 atom stereocenters. The van der Waals surface area contributed by atoms with Gasteiger partial charge >= 0.3 is 6.16 Å². The Morgan fingerprint density at radius 3 is 1.73 bits per heavy atom. The van der Waals surface area contributed by atoms with E-state index in [9.17, 15) is 4.79 Å². The Hall–Kier alpha value is -0.810. The molecule has 0 aromatic carbocycles. The third kappa shape index (κ3) is 19.2. The van der Waals surface area contributed by atoms with Gasteiger partial charge in [0.1, 0.15) is 12.7 Å². The van der Waals surface area contributed by atoms with E-state index in [1.807, 2.05) is 0 Å². The lowest BCUT2D eigenvalue weighted by atomic mass is 10.0. The molecule has 0 saturated heterocycles. The van der Waals surface area contributed by atoms with Crippen LogP contribution in [0.3, 0.4) is 0 Å². The summed E-state index contributed by atoms with van der Waals surface area (Å²) in [7, 11) is 0. The predicted molar refractivity (Wildman–Crippen MR) is 142 cm³/mol. The van der Waals surface area contributed by atoms with Crippen LogP contribution in [-0.4, -0.2) is 67.4 Å². The van der Waals surface area contributed by atoms with Crippen LogP contribution in [0.25, 0.3) is 0 Å². The number of ether oxygens (including phenoxy) is 2. The van der Waals surface area contributed by atoms with Gasteiger partial charge in [0, 0.05) is 25.7 Å². The Morgan fingerprint density at radius 2 is 1.21 bits per heavy atom. The van der Waals surface area contributed by atoms with Crippen LogP contribution < -0.4 is 0 Å². The number of unbranched alkanes of at least 4 members (excludes halogenated alkanes) is 9. The van der Waals surface area contributed by atoms with E-state index >= 15 is 0 Å². The van der Waals surface area contributed by atoms with E-state index in [4.69, 9.17) is 9.47 Å². The quantitative estimate of drug-likeness (QED) is 0.113. The molecule has 0 spiro atoms. The van der Waals surface area contributed by atoms with Crippen molar-refractivity contribution in [2.75, 3.05) is 39.3 Å². The third-order valence-electron chi connectivity index (χ3n) is 6.70. The van der Waals surface area contributed by atoms with Crippen molar-refractivity contribution in [2.24, 2.45) is 0 Å². The van der Waals surface area contributed by atoms with Gasteiger partial charge in [-0.2, -0.15) is 0 Å². The largest absolute Gasteiger partial charge is 0.508 e. The Balaban J connectivity index is 4.34. The molecule has 0 heterocycles. The lowest BCUT2D eigenvalue weighted by Crippen LogP contribution is -2.40. The van der Waals surface area contributed by atoms with Crippen molar-refractivity contribution in [3.63, 3.8) is 0 Å². The number of carbonyl (C=O) groups is 1. The second-order valence-electron chi connectivity index (χ2n) is 9.75. The standard InChI is InChI=1S/C28H58N2O3/c1-7-11-13-15-16-17-19-21-27(20-18-14-12-8-2)33-28(31)32-25-24-30(26(5)6)23-22-29(9-3)10-4/h26-27H,7-25H2,1-6H3. The smallest absolute Gasteiger partial charge is 0.433 e. The van der Waals surface area contributed by atoms with Crippen LogP contribution in [0.1, 0.15) is 125 Å². The van der Waals surface area contributed by atoms with Crippen molar-refractivity contribution >= 4 is 6.16 Å². The fourth-order valence-corrected chi connectivity index (χ4v) is 4.24. The van der Waals surface area contributed by atoms with Crippen molar-refractivity contribution in [3.05, 3.63) is 0 Å². The van der Waals surface area contributed by atoms with Gasteiger partial charge in [0.05, 0.1) is 0 Å². The number of nitrogens with zero attached hydrogens (tertiary/aromatic N) is 2. The fraction of sp³-hybridized carbons (Fsp3) is 0.964. The average Bonchev–Trinajstić information content (AvgIpc) is 2.80. The molecule has 0 bridgehead atoms. The molecule has 0 rings (SSSR count). The van der Waals surface area contributed by atoms with Crippen LogP contribution in [0.15, 0.2) is 0 Å². The van der Waals surface area contributed by atoms with E-state index in [1.54, 1.807) is 0 Å². The summed E-state index contributed by atoms with van der Waals surface area (Å²) in [6.07, 6.45) is 15.3. The Morgan fingerprint density at radius 1 is 0.697 bits per heavy atom. The third-order valence-corrected chi connectivity index (χ3v) is 6.70. The minimum absolute atomic E-state index is 0.00821. The van der Waals surface area contributed by atoms with Crippen LogP contribution in [0.2, 0.25) is 0 Å². The van der Waals surface area contributed by atoms with Crippen LogP contribution in [0.5, 0.6) is 0 Å². The summed E-state index contributed by atoms with van der Waals surface area (Å²) in [5.41, 5.74) is 0. The number of hydrogen-bond acceptors (Lipinski definition) is 5. The molecule has 33 heavy (non-hydrogen) atoms. The summed E-state index contributed by atoms with van der Waals surface area (Å²) in [4.78, 5) is 17.2. The van der Waals surface area contributed by atoms with E-state index in [2.05, 4.69) is 51.3 Å². The second-order valence-corrected chi connectivity index (χ2v) is 9.75. The molecule has 1 unspecified atom stereocenters. The summed E-state index contributed by atoms with van der Waals surface area (Å²) in [5.74, 6) is 0. The molecule has 0 aromatic rings. The van der Waals surface area contributed by atoms with Gasteiger partial charge < -0.3 is 14.4 Å². The first-order valence-corrected chi connectivity index (χ1v) is 14.3.